The third-order valence-electron chi connectivity index (χ3n) is 3.32. The summed E-state index contributed by atoms with van der Waals surface area (Å²) in [6.07, 6.45) is 6.69. The Bertz CT molecular complexity index is 972. The van der Waals surface area contributed by atoms with Crippen LogP contribution < -0.4 is 0 Å². The molecule has 0 bridgehead atoms. The number of nitrogens with zero attached hydrogens (tertiary/aromatic N) is 5. The molecule has 0 radical (unpaired) electrons. The van der Waals surface area contributed by atoms with Gasteiger partial charge in [0.05, 0.1) is 19.3 Å². The predicted octanol–water partition coefficient (Wildman–Crippen LogP) is 4.86. The first kappa shape index (κ1) is 17.6. The van der Waals surface area contributed by atoms with Crippen molar-refractivity contribution in [2.75, 3.05) is 7.15 Å². The zero-order valence-corrected chi connectivity index (χ0v) is 15.1. The van der Waals surface area contributed by atoms with Gasteiger partial charge in [0.15, 0.2) is 0 Å². The number of nitrogens with one attached hydrogen (secondary N) is 1. The van der Waals surface area contributed by atoms with E-state index in [0.29, 0.717) is 16.3 Å². The lowest BCUT2D eigenvalue weighted by Crippen LogP contribution is -1.99. The van der Waals surface area contributed by atoms with Crippen LogP contribution in [0.2, 0.25) is 10.3 Å². The summed E-state index contributed by atoms with van der Waals surface area (Å²) in [4.78, 5) is 18.8. The zero-order chi connectivity index (χ0) is 19.1. The van der Waals surface area contributed by atoms with E-state index in [1.165, 1.54) is 12.7 Å². The Kier molecular flexibility index (Phi) is 6.14. The van der Waals surface area contributed by atoms with E-state index in [1.54, 1.807) is 6.20 Å². The molecule has 4 aromatic heterocycles. The van der Waals surface area contributed by atoms with Gasteiger partial charge in [-0.2, -0.15) is 0 Å². The Hall–Kier alpha value is -2.25. The Labute approximate surface area is 155 Å². The van der Waals surface area contributed by atoms with Crippen LogP contribution in [0.3, 0.4) is 0 Å². The molecule has 0 saturated heterocycles. The maximum atomic E-state index is 9.96. The van der Waals surface area contributed by atoms with Gasteiger partial charge in [-0.1, -0.05) is 23.2 Å². The number of fused-ring (bicyclic) bond motifs is 2. The molecular formula is C16H17Cl2FN6. The number of aromatic amines is 1. The lowest BCUT2D eigenvalue weighted by molar-refractivity contribution is 0.617. The minimum Gasteiger partial charge on any atom is -0.346 e. The molecule has 4 heterocycles. The van der Waals surface area contributed by atoms with Gasteiger partial charge in [0.25, 0.3) is 0 Å². The van der Waals surface area contributed by atoms with Crippen LogP contribution >= 0.6 is 23.2 Å². The molecule has 0 aromatic carbocycles. The van der Waals surface area contributed by atoms with Gasteiger partial charge in [0, 0.05) is 18.4 Å². The fourth-order valence-corrected chi connectivity index (χ4v) is 2.58. The van der Waals surface area contributed by atoms with Crippen LogP contribution in [-0.4, -0.2) is 36.6 Å². The number of aromatic nitrogens is 6. The van der Waals surface area contributed by atoms with E-state index in [1.807, 2.05) is 18.3 Å². The Morgan fingerprint density at radius 3 is 2.36 bits per heavy atom. The molecule has 132 valence electrons. The Morgan fingerprint density at radius 1 is 1.08 bits per heavy atom. The summed E-state index contributed by atoms with van der Waals surface area (Å²) >= 11 is 11.6. The van der Waals surface area contributed by atoms with Crippen LogP contribution in [0.5, 0.6) is 0 Å². The lowest BCUT2D eigenvalue weighted by Gasteiger charge is -2.07. The number of rotatable bonds is 1. The van der Waals surface area contributed by atoms with Crippen LogP contribution in [0, 0.1) is 0 Å². The SMILES string of the molecule is CC(C)n1ccc2c(Cl)ncnc21.Clc1ncnc2[nH]ccc12.[2H]CF. The zero-order valence-electron chi connectivity index (χ0n) is 14.6. The molecule has 0 aliphatic carbocycles. The second-order valence-corrected chi connectivity index (χ2v) is 5.84. The molecule has 0 fully saturated rings. The third kappa shape index (κ3) is 4.24. The molecule has 1 N–H and O–H groups in total. The lowest BCUT2D eigenvalue weighted by atomic mass is 10.4. The number of hydrogen-bond donors (Lipinski definition) is 1. The fourth-order valence-electron chi connectivity index (χ4n) is 2.20. The van der Waals surface area contributed by atoms with Crippen molar-refractivity contribution >= 4 is 45.3 Å². The summed E-state index contributed by atoms with van der Waals surface area (Å²) in [5.41, 5.74) is 1.68. The van der Waals surface area contributed by atoms with E-state index in [0.717, 1.165) is 22.1 Å². The van der Waals surface area contributed by atoms with Gasteiger partial charge < -0.3 is 9.55 Å². The first-order chi connectivity index (χ1) is 12.5. The molecule has 0 saturated carbocycles. The Morgan fingerprint density at radius 2 is 1.72 bits per heavy atom. The summed E-state index contributed by atoms with van der Waals surface area (Å²) in [6, 6.07) is 4.18. The fraction of sp³-hybridized carbons (Fsp3) is 0.250. The van der Waals surface area contributed by atoms with Gasteiger partial charge >= 0.3 is 0 Å². The van der Waals surface area contributed by atoms with Gasteiger partial charge in [-0.05, 0) is 26.0 Å². The van der Waals surface area contributed by atoms with Crippen molar-refractivity contribution in [3.63, 3.8) is 0 Å². The van der Waals surface area contributed by atoms with Crippen molar-refractivity contribution in [1.29, 1.82) is 0 Å². The van der Waals surface area contributed by atoms with E-state index < -0.39 is 7.15 Å². The van der Waals surface area contributed by atoms with Crippen molar-refractivity contribution in [1.82, 2.24) is 29.5 Å². The minimum atomic E-state index is -1.00. The summed E-state index contributed by atoms with van der Waals surface area (Å²) in [5.74, 6) is 0. The number of hydrogen-bond acceptors (Lipinski definition) is 4. The number of H-pyrrole nitrogens is 1. The van der Waals surface area contributed by atoms with Gasteiger partial charge in [-0.3, -0.25) is 4.39 Å². The molecule has 0 aliphatic rings. The number of halogens is 3. The Balaban J connectivity index is 0.000000167. The van der Waals surface area contributed by atoms with E-state index in [2.05, 4.69) is 43.3 Å². The van der Waals surface area contributed by atoms with Crippen molar-refractivity contribution in [3.8, 4) is 0 Å². The standard InChI is InChI=1S/C9H10ClN3.C6H4ClN3.CH3F/c1-6(2)13-4-3-7-8(10)11-5-12-9(7)13;7-5-4-1-2-8-6(4)10-3-9-5;1-2/h3-6H,1-2H3;1-3H,(H,8,9,10);1H3/i;;1D. The highest BCUT2D eigenvalue weighted by Gasteiger charge is 2.07. The molecule has 4 rings (SSSR count). The highest BCUT2D eigenvalue weighted by atomic mass is 35.5. The average Bonchev–Trinajstić information content (AvgIpc) is 3.24. The molecule has 0 unspecified atom stereocenters. The minimum absolute atomic E-state index is 0.392. The molecule has 9 heteroatoms. The number of alkyl halides is 1. The summed E-state index contributed by atoms with van der Waals surface area (Å²) < 4.78 is 17.6. The van der Waals surface area contributed by atoms with Crippen LogP contribution in [0.15, 0.2) is 37.2 Å². The first-order valence-electron chi connectivity index (χ1n) is 7.96. The van der Waals surface area contributed by atoms with Gasteiger partial charge in [-0.25, -0.2) is 19.9 Å². The van der Waals surface area contributed by atoms with Crippen molar-refractivity contribution in [2.24, 2.45) is 0 Å². The second kappa shape index (κ2) is 8.73. The van der Waals surface area contributed by atoms with Crippen molar-refractivity contribution in [2.45, 2.75) is 19.9 Å². The summed E-state index contributed by atoms with van der Waals surface area (Å²) in [7, 11) is -1.00. The van der Waals surface area contributed by atoms with Gasteiger partial charge in [-0.15, -0.1) is 0 Å². The van der Waals surface area contributed by atoms with Crippen molar-refractivity contribution < 1.29 is 5.76 Å². The van der Waals surface area contributed by atoms with Crippen LogP contribution in [0.4, 0.5) is 4.39 Å². The molecule has 4 aromatic rings. The quantitative estimate of drug-likeness (QED) is 0.476. The largest absolute Gasteiger partial charge is 0.346 e. The normalized spacial score (nSPS) is 10.9. The molecular weight excluding hydrogens is 366 g/mol. The van der Waals surface area contributed by atoms with Crippen LogP contribution in [-0.2, 0) is 0 Å². The van der Waals surface area contributed by atoms with Crippen LogP contribution in [0.25, 0.3) is 22.1 Å². The predicted molar refractivity (Wildman–Crippen MR) is 98.9 cm³/mol. The van der Waals surface area contributed by atoms with E-state index in [-0.39, 0.29) is 0 Å². The summed E-state index contributed by atoms with van der Waals surface area (Å²) in [6.45, 7) is 4.21. The molecule has 0 amide bonds. The van der Waals surface area contributed by atoms with Crippen molar-refractivity contribution in [3.05, 3.63) is 47.5 Å². The van der Waals surface area contributed by atoms with E-state index in [9.17, 15) is 4.39 Å². The molecule has 6 nitrogen and oxygen atoms in total. The monoisotopic (exact) mass is 383 g/mol. The average molecular weight is 384 g/mol. The maximum absolute atomic E-state index is 9.96. The van der Waals surface area contributed by atoms with Gasteiger partial charge in [0.2, 0.25) is 0 Å². The van der Waals surface area contributed by atoms with E-state index in [4.69, 9.17) is 24.6 Å². The van der Waals surface area contributed by atoms with Crippen LogP contribution in [0.1, 0.15) is 21.3 Å². The van der Waals surface area contributed by atoms with E-state index >= 15 is 0 Å². The molecule has 0 aliphatic heterocycles. The molecule has 0 atom stereocenters. The van der Waals surface area contributed by atoms with Gasteiger partial charge in [0.1, 0.15) is 34.3 Å². The second-order valence-electron chi connectivity index (χ2n) is 5.12. The smallest absolute Gasteiger partial charge is 0.145 e. The molecule has 25 heavy (non-hydrogen) atoms. The highest BCUT2D eigenvalue weighted by Crippen LogP contribution is 2.22. The highest BCUT2D eigenvalue weighted by molar-refractivity contribution is 6.34. The molecule has 0 spiro atoms. The summed E-state index contributed by atoms with van der Waals surface area (Å²) in [5, 5.41) is 2.79. The third-order valence-corrected chi connectivity index (χ3v) is 3.92. The first-order valence-corrected chi connectivity index (χ1v) is 8.01. The maximum Gasteiger partial charge on any atom is 0.145 e. The topological polar surface area (TPSA) is 72.3 Å².